The Morgan fingerprint density at radius 2 is 1.74 bits per heavy atom. The molecule has 12 nitrogen and oxygen atoms in total. The number of amides is 2. The molecule has 4 aliphatic carbocycles. The summed E-state index contributed by atoms with van der Waals surface area (Å²) < 4.78 is 18.3. The van der Waals surface area contributed by atoms with Gasteiger partial charge in [0.1, 0.15) is 29.3 Å². The molecule has 7 rings (SSSR count). The van der Waals surface area contributed by atoms with Gasteiger partial charge in [-0.1, -0.05) is 62.1 Å². The third-order valence-electron chi connectivity index (χ3n) is 15.6. The maximum Gasteiger partial charge on any atom is 0.417 e. The van der Waals surface area contributed by atoms with Gasteiger partial charge in [-0.15, -0.1) is 5.10 Å². The van der Waals surface area contributed by atoms with Crippen molar-refractivity contribution in [3.63, 3.8) is 0 Å². The smallest absolute Gasteiger partial charge is 0.417 e. The molecule has 4 saturated carbocycles. The molecule has 1 saturated heterocycles. The van der Waals surface area contributed by atoms with Gasteiger partial charge in [0.05, 0.1) is 37.7 Å². The molecule has 2 heterocycles. The van der Waals surface area contributed by atoms with Crippen LogP contribution in [0.15, 0.2) is 48.6 Å². The minimum Gasteiger partial charge on any atom is -0.462 e. The maximum absolute atomic E-state index is 15.4. The van der Waals surface area contributed by atoms with Gasteiger partial charge in [-0.3, -0.25) is 9.59 Å². The van der Waals surface area contributed by atoms with Crippen molar-refractivity contribution in [3.8, 4) is 0 Å². The van der Waals surface area contributed by atoms with Gasteiger partial charge in [0.2, 0.25) is 5.91 Å². The standard InChI is InChI=1S/C45H64N4O8/c1-27(2)29-15-18-45(39(52)48(40(53)57-41(5,6)7)21-22-54-23-24-55-49-33-14-12-11-13-32(33)46-47-49)20-19-42(8)31(37(29)45)25-34-38-43(42,9)17-16-30(28(3)4)44(38,10)35(50)26-36(51)56-34/h11-14,29-31,34-35,37-38,50H,1,3,15-26H2,2,4-10H3/t29-,30-,31+,34+,35+,37+,38-,42+,43+,44+,45-/m0/s1. The molecular weight excluding hydrogens is 725 g/mol. The molecule has 1 aliphatic heterocycles. The highest BCUT2D eigenvalue weighted by molar-refractivity contribution is 5.96. The SMILES string of the molecule is C=C(C)[C@@H]1CC[C@]2(C(=O)N(CCOCCOn3nnc4ccccc43)C(=O)OC(C)(C)C)CC[C@]3(C)[C@H](C[C@H]4OC(=O)C[C@@H](O)[C@]5(C)[C@@H]4[C@@]3(C)CC[C@H]5C(=C)C)[C@@H]12. The molecule has 0 bridgehead atoms. The first-order valence-corrected chi connectivity index (χ1v) is 21.0. The lowest BCUT2D eigenvalue weighted by Crippen LogP contribution is -2.70. The average molecular weight is 789 g/mol. The van der Waals surface area contributed by atoms with Crippen LogP contribution in [0.5, 0.6) is 0 Å². The summed E-state index contributed by atoms with van der Waals surface area (Å²) in [6.45, 7) is 25.8. The number of esters is 1. The molecule has 57 heavy (non-hydrogen) atoms. The molecule has 2 amide bonds. The first-order chi connectivity index (χ1) is 26.8. The molecular formula is C45H64N4O8. The van der Waals surface area contributed by atoms with Crippen LogP contribution in [0.4, 0.5) is 4.79 Å². The topological polar surface area (TPSA) is 142 Å². The fraction of sp³-hybridized carbons (Fsp3) is 0.711. The third-order valence-corrected chi connectivity index (χ3v) is 15.6. The van der Waals surface area contributed by atoms with E-state index in [1.54, 1.807) is 20.8 Å². The number of nitrogens with zero attached hydrogens (tertiary/aromatic N) is 4. The number of benzene rings is 1. The summed E-state index contributed by atoms with van der Waals surface area (Å²) >= 11 is 0. The molecule has 12 heteroatoms. The van der Waals surface area contributed by atoms with E-state index in [0.717, 1.165) is 47.9 Å². The minimum absolute atomic E-state index is 0.000993. The fourth-order valence-electron chi connectivity index (χ4n) is 13.0. The quantitative estimate of drug-likeness (QED) is 0.148. The second-order valence-corrected chi connectivity index (χ2v) is 19.7. The highest BCUT2D eigenvalue weighted by Crippen LogP contribution is 2.77. The Balaban J connectivity index is 1.18. The van der Waals surface area contributed by atoms with E-state index in [1.807, 2.05) is 31.2 Å². The number of carbonyl (C=O) groups is 3. The lowest BCUT2D eigenvalue weighted by molar-refractivity contribution is -0.259. The zero-order valence-corrected chi connectivity index (χ0v) is 35.3. The number of carbonyl (C=O) groups excluding carboxylic acids is 3. The number of ether oxygens (including phenoxy) is 3. The number of aromatic nitrogens is 3. The van der Waals surface area contributed by atoms with Gasteiger partial charge in [0, 0.05) is 11.3 Å². The Bertz CT molecular complexity index is 1920. The number of allylic oxidation sites excluding steroid dienone is 2. The highest BCUT2D eigenvalue weighted by Gasteiger charge is 2.74. The van der Waals surface area contributed by atoms with Crippen LogP contribution < -0.4 is 4.84 Å². The van der Waals surface area contributed by atoms with Gasteiger partial charge in [-0.05, 0) is 131 Å². The van der Waals surface area contributed by atoms with Crippen LogP contribution in [-0.4, -0.2) is 87.3 Å². The molecule has 1 aromatic heterocycles. The number of aliphatic hydroxyl groups excluding tert-OH is 1. The molecule has 0 unspecified atom stereocenters. The molecule has 2 aromatic rings. The Morgan fingerprint density at radius 1 is 1.00 bits per heavy atom. The number of para-hydroxylation sites is 1. The van der Waals surface area contributed by atoms with Crippen LogP contribution in [0.2, 0.25) is 0 Å². The number of imide groups is 1. The molecule has 1 N–H and O–H groups in total. The molecule has 5 fully saturated rings. The van der Waals surface area contributed by atoms with Crippen molar-refractivity contribution < 1.29 is 38.5 Å². The predicted octanol–water partition coefficient (Wildman–Crippen LogP) is 7.34. The number of hydrogen-bond acceptors (Lipinski definition) is 10. The fourth-order valence-corrected chi connectivity index (χ4v) is 13.0. The van der Waals surface area contributed by atoms with E-state index in [1.165, 1.54) is 9.75 Å². The molecule has 11 atom stereocenters. The van der Waals surface area contributed by atoms with Crippen molar-refractivity contribution in [2.75, 3.05) is 26.4 Å². The molecule has 312 valence electrons. The summed E-state index contributed by atoms with van der Waals surface area (Å²) in [5.41, 5.74) is 0.714. The van der Waals surface area contributed by atoms with Gasteiger partial charge in [0.25, 0.3) is 0 Å². The zero-order valence-electron chi connectivity index (χ0n) is 35.3. The number of hydrogen-bond donors (Lipinski definition) is 1. The Morgan fingerprint density at radius 3 is 2.44 bits per heavy atom. The van der Waals surface area contributed by atoms with Crippen LogP contribution >= 0.6 is 0 Å². The first kappa shape index (κ1) is 41.4. The van der Waals surface area contributed by atoms with Crippen molar-refractivity contribution in [2.24, 2.45) is 51.2 Å². The summed E-state index contributed by atoms with van der Waals surface area (Å²) in [7, 11) is 0. The van der Waals surface area contributed by atoms with Gasteiger partial charge < -0.3 is 24.2 Å². The second-order valence-electron chi connectivity index (χ2n) is 19.7. The van der Waals surface area contributed by atoms with Crippen molar-refractivity contribution >= 4 is 29.0 Å². The van der Waals surface area contributed by atoms with Crippen molar-refractivity contribution in [3.05, 3.63) is 48.6 Å². The van der Waals surface area contributed by atoms with E-state index in [-0.39, 0.29) is 85.1 Å². The van der Waals surface area contributed by atoms with E-state index in [0.29, 0.717) is 19.3 Å². The predicted molar refractivity (Wildman–Crippen MR) is 214 cm³/mol. The van der Waals surface area contributed by atoms with Gasteiger partial charge in [-0.25, -0.2) is 9.69 Å². The molecule has 5 aliphatic rings. The molecule has 1 aromatic carbocycles. The summed E-state index contributed by atoms with van der Waals surface area (Å²) in [4.78, 5) is 51.4. The van der Waals surface area contributed by atoms with Crippen LogP contribution in [0.25, 0.3) is 11.0 Å². The first-order valence-electron chi connectivity index (χ1n) is 21.0. The lowest BCUT2D eigenvalue weighted by atomic mass is 9.33. The normalized spacial score (nSPS) is 37.2. The average Bonchev–Trinajstić information content (AvgIpc) is 3.71. The third kappa shape index (κ3) is 6.70. The van der Waals surface area contributed by atoms with E-state index < -0.39 is 34.7 Å². The Labute approximate surface area is 337 Å². The largest absolute Gasteiger partial charge is 0.462 e. The summed E-state index contributed by atoms with van der Waals surface area (Å²) in [6, 6.07) is 7.49. The van der Waals surface area contributed by atoms with Crippen LogP contribution in [0.3, 0.4) is 0 Å². The van der Waals surface area contributed by atoms with E-state index >= 15 is 4.79 Å². The highest BCUT2D eigenvalue weighted by atomic mass is 16.7. The van der Waals surface area contributed by atoms with Crippen molar-refractivity contribution in [2.45, 2.75) is 125 Å². The van der Waals surface area contributed by atoms with Crippen molar-refractivity contribution in [1.82, 2.24) is 20.1 Å². The number of fused-ring (bicyclic) bond motifs is 5. The van der Waals surface area contributed by atoms with Gasteiger partial charge in [0.15, 0.2) is 0 Å². The monoisotopic (exact) mass is 788 g/mol. The van der Waals surface area contributed by atoms with Crippen molar-refractivity contribution in [1.29, 1.82) is 0 Å². The Kier molecular flexibility index (Phi) is 10.7. The van der Waals surface area contributed by atoms with Crippen LogP contribution in [-0.2, 0) is 23.8 Å². The number of aliphatic hydroxyl groups is 1. The van der Waals surface area contributed by atoms with E-state index in [9.17, 15) is 14.7 Å². The summed E-state index contributed by atoms with van der Waals surface area (Å²) in [6.07, 6.45) is 3.16. The zero-order chi connectivity index (χ0) is 41.3. The molecule has 0 radical (unpaired) electrons. The van der Waals surface area contributed by atoms with E-state index in [4.69, 9.17) is 19.0 Å². The molecule has 0 spiro atoms. The lowest BCUT2D eigenvalue weighted by Gasteiger charge is -2.71. The minimum atomic E-state index is -0.850. The second kappa shape index (κ2) is 14.8. The number of rotatable bonds is 10. The van der Waals surface area contributed by atoms with Gasteiger partial charge in [-0.2, -0.15) is 0 Å². The van der Waals surface area contributed by atoms with E-state index in [2.05, 4.69) is 51.2 Å². The summed E-state index contributed by atoms with van der Waals surface area (Å²) in [5.74, 6) is -0.705. The van der Waals surface area contributed by atoms with Gasteiger partial charge >= 0.3 is 12.1 Å². The van der Waals surface area contributed by atoms with Crippen LogP contribution in [0.1, 0.15) is 107 Å². The Hall–Kier alpha value is -3.77. The maximum atomic E-state index is 15.4. The summed E-state index contributed by atoms with van der Waals surface area (Å²) in [5, 5.41) is 20.1. The van der Waals surface area contributed by atoms with Crippen LogP contribution in [0, 0.1) is 51.2 Å².